The Morgan fingerprint density at radius 1 is 0.864 bits per heavy atom. The minimum Gasteiger partial charge on any atom is -0.456 e. The molecule has 44 heavy (non-hydrogen) atoms. The Labute approximate surface area is 257 Å². The van der Waals surface area contributed by atoms with E-state index in [0.717, 1.165) is 27.8 Å². The van der Waals surface area contributed by atoms with E-state index in [0.29, 0.717) is 12.1 Å². The third kappa shape index (κ3) is 4.49. The van der Waals surface area contributed by atoms with Crippen LogP contribution in [0.25, 0.3) is 11.1 Å². The molecule has 226 valence electrons. The lowest BCUT2D eigenvalue weighted by atomic mass is 9.78. The second-order valence-corrected chi connectivity index (χ2v) is 12.1. The number of esters is 1. The lowest BCUT2D eigenvalue weighted by molar-refractivity contribution is -0.184. The fourth-order valence-corrected chi connectivity index (χ4v) is 7.64. The molecular weight excluding hydrogens is 557 g/mol. The average molecular weight is 594 g/mol. The van der Waals surface area contributed by atoms with Gasteiger partial charge in [0.05, 0.1) is 11.6 Å². The fraction of sp³-hybridized carbons (Fsp3) is 0.324. The zero-order valence-corrected chi connectivity index (χ0v) is 25.1. The molecule has 5 atom stereocenters. The molecule has 0 spiro atoms. The number of likely N-dealkylation sites (tertiary alicyclic amines) is 1. The molecule has 0 bridgehead atoms. The van der Waals surface area contributed by atoms with Crippen molar-refractivity contribution in [2.45, 2.75) is 55.6 Å². The van der Waals surface area contributed by atoms with E-state index in [1.54, 1.807) is 12.1 Å². The Balaban J connectivity index is 1.39. The number of carbonyl (C=O) groups is 1. The van der Waals surface area contributed by atoms with E-state index in [2.05, 4.69) is 41.3 Å². The maximum Gasteiger partial charge on any atom is 0.340 e. The maximum absolute atomic E-state index is 15.4. The zero-order valence-electron chi connectivity index (χ0n) is 25.1. The number of hydrogen-bond donors (Lipinski definition) is 0. The number of ether oxygens (including phenoxy) is 4. The van der Waals surface area contributed by atoms with Gasteiger partial charge in [0.2, 0.25) is 0 Å². The molecule has 0 saturated carbocycles. The third-order valence-electron chi connectivity index (χ3n) is 9.19. The smallest absolute Gasteiger partial charge is 0.340 e. The molecule has 0 amide bonds. The predicted molar refractivity (Wildman–Crippen MR) is 165 cm³/mol. The van der Waals surface area contributed by atoms with Crippen molar-refractivity contribution >= 4 is 5.97 Å². The van der Waals surface area contributed by atoms with E-state index in [9.17, 15) is 4.79 Å². The number of fused-ring (bicyclic) bond motifs is 4. The van der Waals surface area contributed by atoms with Crippen molar-refractivity contribution < 1.29 is 28.1 Å². The number of alkyl halides is 1. The van der Waals surface area contributed by atoms with Gasteiger partial charge in [0, 0.05) is 13.7 Å². The van der Waals surface area contributed by atoms with Gasteiger partial charge in [-0.1, -0.05) is 109 Å². The topological polar surface area (TPSA) is 57.2 Å². The summed E-state index contributed by atoms with van der Waals surface area (Å²) in [5.41, 5.74) is 5.24. The molecule has 4 aromatic carbocycles. The van der Waals surface area contributed by atoms with Crippen LogP contribution in [-0.2, 0) is 29.3 Å². The molecule has 1 aliphatic carbocycles. The molecule has 2 heterocycles. The van der Waals surface area contributed by atoms with E-state index in [1.165, 1.54) is 7.11 Å². The first-order chi connectivity index (χ1) is 21.4. The van der Waals surface area contributed by atoms with E-state index >= 15 is 4.39 Å². The number of hydrogen-bond acceptors (Lipinski definition) is 6. The molecule has 6 nitrogen and oxygen atoms in total. The second kappa shape index (κ2) is 11.2. The highest BCUT2D eigenvalue weighted by atomic mass is 19.1. The van der Waals surface area contributed by atoms with Crippen LogP contribution in [0.4, 0.5) is 4.39 Å². The van der Waals surface area contributed by atoms with E-state index in [4.69, 9.17) is 18.9 Å². The van der Waals surface area contributed by atoms with E-state index < -0.39 is 48.3 Å². The van der Waals surface area contributed by atoms with Crippen LogP contribution in [0.3, 0.4) is 0 Å². The standard InChI is InChI=1S/C37H36FNO5/c1-36(2)43-31-23-39(32(34(31)44-36)30(22-38)42-35(40)33(41-3)24-14-6-4-7-15-24)37(25-16-8-5-9-17-25)28-20-12-10-18-26(28)27-19-11-13-21-29(27)37/h4-21,30-34H,22-23H2,1-3H3/t30-,31+,32+,33+,34+/m0/s1. The minimum absolute atomic E-state index is 0.365. The number of nitrogens with zero attached hydrogens (tertiary/aromatic N) is 1. The van der Waals surface area contributed by atoms with Gasteiger partial charge in [-0.25, -0.2) is 9.18 Å². The Morgan fingerprint density at radius 3 is 2.02 bits per heavy atom. The first-order valence-corrected chi connectivity index (χ1v) is 15.1. The number of halogens is 1. The summed E-state index contributed by atoms with van der Waals surface area (Å²) in [6, 6.07) is 35.4. The molecule has 3 aliphatic rings. The van der Waals surface area contributed by atoms with Gasteiger partial charge in [-0.15, -0.1) is 0 Å². The summed E-state index contributed by atoms with van der Waals surface area (Å²) in [7, 11) is 1.45. The minimum atomic E-state index is -1.16. The van der Waals surface area contributed by atoms with Crippen LogP contribution in [0.1, 0.15) is 42.2 Å². The monoisotopic (exact) mass is 593 g/mol. The van der Waals surface area contributed by atoms with Crippen LogP contribution in [-0.4, -0.2) is 61.3 Å². The fourth-order valence-electron chi connectivity index (χ4n) is 7.64. The molecule has 0 aromatic heterocycles. The predicted octanol–water partition coefficient (Wildman–Crippen LogP) is 6.43. The lowest BCUT2D eigenvalue weighted by Gasteiger charge is -2.47. The molecule has 7 heteroatoms. The maximum atomic E-state index is 15.4. The third-order valence-corrected chi connectivity index (χ3v) is 9.19. The molecule has 2 fully saturated rings. The van der Waals surface area contributed by atoms with Crippen LogP contribution < -0.4 is 0 Å². The van der Waals surface area contributed by atoms with E-state index in [-0.39, 0.29) is 6.10 Å². The van der Waals surface area contributed by atoms with Crippen molar-refractivity contribution in [1.82, 2.24) is 4.90 Å². The Hall–Kier alpha value is -3.88. The average Bonchev–Trinajstić information content (AvgIpc) is 3.65. The van der Waals surface area contributed by atoms with Crippen LogP contribution in [0.2, 0.25) is 0 Å². The number of carbonyl (C=O) groups excluding carboxylic acids is 1. The highest BCUT2D eigenvalue weighted by molar-refractivity contribution is 5.83. The molecule has 7 rings (SSSR count). The van der Waals surface area contributed by atoms with E-state index in [1.807, 2.05) is 74.5 Å². The van der Waals surface area contributed by atoms with Gasteiger partial charge in [-0.05, 0) is 47.2 Å². The lowest BCUT2D eigenvalue weighted by Crippen LogP contribution is -2.57. The quantitative estimate of drug-likeness (QED) is 0.220. The van der Waals surface area contributed by atoms with Crippen LogP contribution >= 0.6 is 0 Å². The van der Waals surface area contributed by atoms with Gasteiger partial charge in [0.1, 0.15) is 25.0 Å². The van der Waals surface area contributed by atoms with Gasteiger partial charge in [-0.2, -0.15) is 0 Å². The summed E-state index contributed by atoms with van der Waals surface area (Å²) in [5, 5.41) is 0. The van der Waals surface area contributed by atoms with Crippen molar-refractivity contribution in [3.63, 3.8) is 0 Å². The summed E-state index contributed by atoms with van der Waals surface area (Å²) in [5.74, 6) is -1.52. The van der Waals surface area contributed by atoms with Gasteiger partial charge in [0.15, 0.2) is 11.9 Å². The summed E-state index contributed by atoms with van der Waals surface area (Å²) < 4.78 is 40.0. The van der Waals surface area contributed by atoms with Crippen LogP contribution in [0.15, 0.2) is 109 Å². The first kappa shape index (κ1) is 28.9. The van der Waals surface area contributed by atoms with Crippen LogP contribution in [0.5, 0.6) is 0 Å². The summed E-state index contributed by atoms with van der Waals surface area (Å²) in [6.07, 6.45) is -3.06. The molecular formula is C37H36FNO5. The van der Waals surface area contributed by atoms with Crippen molar-refractivity contribution in [2.24, 2.45) is 0 Å². The van der Waals surface area contributed by atoms with Crippen molar-refractivity contribution in [1.29, 1.82) is 0 Å². The normalized spacial score (nSPS) is 24.2. The zero-order chi connectivity index (χ0) is 30.5. The second-order valence-electron chi connectivity index (χ2n) is 12.1. The number of methoxy groups -OCH3 is 1. The first-order valence-electron chi connectivity index (χ1n) is 15.1. The van der Waals surface area contributed by atoms with Crippen molar-refractivity contribution in [2.75, 3.05) is 20.3 Å². The van der Waals surface area contributed by atoms with Crippen LogP contribution in [0, 0.1) is 0 Å². The summed E-state index contributed by atoms with van der Waals surface area (Å²) in [4.78, 5) is 16.0. The van der Waals surface area contributed by atoms with Crippen molar-refractivity contribution in [3.05, 3.63) is 131 Å². The molecule has 2 aliphatic heterocycles. The molecule has 0 radical (unpaired) electrons. The Bertz CT molecular complexity index is 1600. The molecule has 0 N–H and O–H groups in total. The highest BCUT2D eigenvalue weighted by Gasteiger charge is 2.63. The van der Waals surface area contributed by atoms with Gasteiger partial charge in [0.25, 0.3) is 0 Å². The number of rotatable bonds is 8. The van der Waals surface area contributed by atoms with Gasteiger partial charge >= 0.3 is 5.97 Å². The van der Waals surface area contributed by atoms with Gasteiger partial charge < -0.3 is 18.9 Å². The molecule has 4 aromatic rings. The van der Waals surface area contributed by atoms with Gasteiger partial charge in [-0.3, -0.25) is 4.90 Å². The SMILES string of the molecule is CO[C@@H](C(=O)O[C@@H](CF)[C@@H]1[C@@H]2OC(C)(C)O[C@@H]2CN1C1(c2ccccc2)c2ccccc2-c2ccccc21)c1ccccc1. The Kier molecular flexibility index (Phi) is 7.37. The number of benzene rings is 4. The summed E-state index contributed by atoms with van der Waals surface area (Å²) >= 11 is 0. The Morgan fingerprint density at radius 2 is 1.43 bits per heavy atom. The highest BCUT2D eigenvalue weighted by Crippen LogP contribution is 2.57. The summed E-state index contributed by atoms with van der Waals surface area (Å²) in [6.45, 7) is 3.27. The molecule has 0 unspecified atom stereocenters. The van der Waals surface area contributed by atoms with Crippen molar-refractivity contribution in [3.8, 4) is 11.1 Å². The molecule has 2 saturated heterocycles. The largest absolute Gasteiger partial charge is 0.456 e.